The Morgan fingerprint density at radius 3 is 2.13 bits per heavy atom. The summed E-state index contributed by atoms with van der Waals surface area (Å²) in [7, 11) is 0. The summed E-state index contributed by atoms with van der Waals surface area (Å²) < 4.78 is 0. The Bertz CT molecular complexity index is 862. The molecule has 0 saturated heterocycles. The number of fused-ring (bicyclic) bond motifs is 1. The van der Waals surface area contributed by atoms with Crippen LogP contribution in [0.2, 0.25) is 0 Å². The smallest absolute Gasteiger partial charge is 0.0684 e. The van der Waals surface area contributed by atoms with E-state index in [-0.39, 0.29) is 12.5 Å². The monoisotopic (exact) mass is 298 g/mol. The highest BCUT2D eigenvalue weighted by Gasteiger charge is 2.28. The lowest BCUT2D eigenvalue weighted by atomic mass is 9.83. The summed E-state index contributed by atoms with van der Waals surface area (Å²) in [6.45, 7) is 0.0664. The lowest BCUT2D eigenvalue weighted by molar-refractivity contribution is 0.280. The molecule has 0 saturated carbocycles. The molecule has 1 nitrogen and oxygen atoms in total. The Morgan fingerprint density at radius 2 is 1.35 bits per heavy atom. The van der Waals surface area contributed by atoms with Crippen LogP contribution in [0.3, 0.4) is 0 Å². The summed E-state index contributed by atoms with van der Waals surface area (Å²) in [6, 6.07) is 27.2. The molecule has 0 fully saturated rings. The van der Waals surface area contributed by atoms with E-state index < -0.39 is 0 Å². The largest absolute Gasteiger partial charge is 0.392 e. The van der Waals surface area contributed by atoms with Gasteiger partial charge in [-0.25, -0.2) is 0 Å². The first-order chi connectivity index (χ1) is 11.4. The van der Waals surface area contributed by atoms with Crippen LogP contribution in [-0.2, 0) is 6.61 Å². The summed E-state index contributed by atoms with van der Waals surface area (Å²) in [4.78, 5) is 0. The molecule has 0 amide bonds. The van der Waals surface area contributed by atoms with E-state index in [0.29, 0.717) is 0 Å². The standard InChI is InChI=1S/C22H18O/c23-15-18-11-5-7-13-20(18)22-19-12-6-4-10-17(19)14-21(22)16-8-2-1-3-9-16/h1-14,22-23H,15H2. The summed E-state index contributed by atoms with van der Waals surface area (Å²) in [5.74, 6) is 0.178. The molecule has 0 bridgehead atoms. The first-order valence-corrected chi connectivity index (χ1v) is 7.93. The van der Waals surface area contributed by atoms with E-state index in [0.717, 1.165) is 5.56 Å². The predicted octanol–water partition coefficient (Wildman–Crippen LogP) is 4.87. The zero-order chi connectivity index (χ0) is 15.6. The molecule has 3 aromatic carbocycles. The van der Waals surface area contributed by atoms with Crippen LogP contribution < -0.4 is 0 Å². The minimum atomic E-state index is 0.0664. The molecule has 3 aromatic rings. The normalized spacial score (nSPS) is 16.0. The average Bonchev–Trinajstić information content (AvgIpc) is 3.02. The fourth-order valence-electron chi connectivity index (χ4n) is 3.50. The molecule has 4 rings (SSSR count). The number of aliphatic hydroxyl groups is 1. The Kier molecular flexibility index (Phi) is 3.57. The molecular formula is C22H18O. The van der Waals surface area contributed by atoms with Gasteiger partial charge in [0.05, 0.1) is 6.61 Å². The van der Waals surface area contributed by atoms with Crippen molar-refractivity contribution in [2.75, 3.05) is 0 Å². The van der Waals surface area contributed by atoms with Crippen LogP contribution >= 0.6 is 0 Å². The van der Waals surface area contributed by atoms with Crippen LogP contribution in [0.15, 0.2) is 78.9 Å². The first kappa shape index (κ1) is 14.0. The number of allylic oxidation sites excluding steroid dienone is 1. The second kappa shape index (κ2) is 5.86. The molecular weight excluding hydrogens is 280 g/mol. The van der Waals surface area contributed by atoms with Crippen LogP contribution in [-0.4, -0.2) is 5.11 Å². The van der Waals surface area contributed by atoms with Gasteiger partial charge in [-0.3, -0.25) is 0 Å². The van der Waals surface area contributed by atoms with Crippen molar-refractivity contribution in [2.45, 2.75) is 12.5 Å². The Balaban J connectivity index is 1.92. The van der Waals surface area contributed by atoms with Gasteiger partial charge in [0.25, 0.3) is 0 Å². The van der Waals surface area contributed by atoms with Gasteiger partial charge in [-0.2, -0.15) is 0 Å². The van der Waals surface area contributed by atoms with Gasteiger partial charge in [0.15, 0.2) is 0 Å². The highest BCUT2D eigenvalue weighted by Crippen LogP contribution is 2.46. The molecule has 1 unspecified atom stereocenters. The van der Waals surface area contributed by atoms with Crippen LogP contribution in [0.25, 0.3) is 11.6 Å². The molecule has 0 spiro atoms. The van der Waals surface area contributed by atoms with Gasteiger partial charge < -0.3 is 5.11 Å². The van der Waals surface area contributed by atoms with Gasteiger partial charge in [0, 0.05) is 5.92 Å². The van der Waals surface area contributed by atoms with Crippen LogP contribution in [0.4, 0.5) is 0 Å². The minimum absolute atomic E-state index is 0.0664. The Hall–Kier alpha value is -2.64. The number of aliphatic hydroxyl groups excluding tert-OH is 1. The van der Waals surface area contributed by atoms with Gasteiger partial charge in [-0.1, -0.05) is 78.9 Å². The summed E-state index contributed by atoms with van der Waals surface area (Å²) in [5, 5.41) is 9.76. The Morgan fingerprint density at radius 1 is 0.696 bits per heavy atom. The van der Waals surface area contributed by atoms with Crippen molar-refractivity contribution in [3.05, 3.63) is 107 Å². The van der Waals surface area contributed by atoms with Gasteiger partial charge in [0.1, 0.15) is 0 Å². The zero-order valence-corrected chi connectivity index (χ0v) is 12.8. The van der Waals surface area contributed by atoms with E-state index in [9.17, 15) is 5.11 Å². The number of hydrogen-bond acceptors (Lipinski definition) is 1. The van der Waals surface area contributed by atoms with Gasteiger partial charge in [-0.05, 0) is 39.5 Å². The molecule has 112 valence electrons. The molecule has 1 heteroatoms. The third kappa shape index (κ3) is 2.39. The highest BCUT2D eigenvalue weighted by atomic mass is 16.3. The van der Waals surface area contributed by atoms with E-state index >= 15 is 0 Å². The Labute approximate surface area is 136 Å². The second-order valence-corrected chi connectivity index (χ2v) is 5.88. The fraction of sp³-hybridized carbons (Fsp3) is 0.0909. The van der Waals surface area contributed by atoms with E-state index in [1.54, 1.807) is 0 Å². The minimum Gasteiger partial charge on any atom is -0.392 e. The van der Waals surface area contributed by atoms with Crippen molar-refractivity contribution in [1.82, 2.24) is 0 Å². The molecule has 1 N–H and O–H groups in total. The van der Waals surface area contributed by atoms with Crippen molar-refractivity contribution in [3.63, 3.8) is 0 Å². The molecule has 0 aliphatic heterocycles. The molecule has 1 atom stereocenters. The lowest BCUT2D eigenvalue weighted by Gasteiger charge is -2.20. The average molecular weight is 298 g/mol. The van der Waals surface area contributed by atoms with Crippen LogP contribution in [0.1, 0.15) is 33.7 Å². The highest BCUT2D eigenvalue weighted by molar-refractivity contribution is 5.93. The molecule has 23 heavy (non-hydrogen) atoms. The van der Waals surface area contributed by atoms with Crippen molar-refractivity contribution >= 4 is 11.6 Å². The quantitative estimate of drug-likeness (QED) is 0.731. The molecule has 0 radical (unpaired) electrons. The topological polar surface area (TPSA) is 20.2 Å². The molecule has 0 aromatic heterocycles. The summed E-state index contributed by atoms with van der Waals surface area (Å²) in [6.07, 6.45) is 2.28. The van der Waals surface area contributed by atoms with E-state index in [2.05, 4.69) is 66.7 Å². The maximum absolute atomic E-state index is 9.76. The first-order valence-electron chi connectivity index (χ1n) is 7.93. The van der Waals surface area contributed by atoms with Gasteiger partial charge in [0.2, 0.25) is 0 Å². The number of hydrogen-bond donors (Lipinski definition) is 1. The third-order valence-electron chi connectivity index (χ3n) is 4.57. The van der Waals surface area contributed by atoms with E-state index in [1.165, 1.54) is 27.8 Å². The van der Waals surface area contributed by atoms with Crippen molar-refractivity contribution < 1.29 is 5.11 Å². The molecule has 1 aliphatic carbocycles. The van der Waals surface area contributed by atoms with E-state index in [4.69, 9.17) is 0 Å². The van der Waals surface area contributed by atoms with Crippen LogP contribution in [0.5, 0.6) is 0 Å². The van der Waals surface area contributed by atoms with Crippen LogP contribution in [0, 0.1) is 0 Å². The molecule has 1 aliphatic rings. The third-order valence-corrected chi connectivity index (χ3v) is 4.57. The summed E-state index contributed by atoms with van der Waals surface area (Å²) >= 11 is 0. The second-order valence-electron chi connectivity index (χ2n) is 5.88. The maximum atomic E-state index is 9.76. The van der Waals surface area contributed by atoms with Crippen molar-refractivity contribution in [3.8, 4) is 0 Å². The van der Waals surface area contributed by atoms with Crippen molar-refractivity contribution in [1.29, 1.82) is 0 Å². The lowest BCUT2D eigenvalue weighted by Crippen LogP contribution is -2.05. The van der Waals surface area contributed by atoms with Gasteiger partial charge >= 0.3 is 0 Å². The molecule has 0 heterocycles. The SMILES string of the molecule is OCc1ccccc1C1C(c2ccccc2)=Cc2ccccc21. The summed E-state index contributed by atoms with van der Waals surface area (Å²) in [5.41, 5.74) is 7.30. The number of rotatable bonds is 3. The van der Waals surface area contributed by atoms with Crippen molar-refractivity contribution in [2.24, 2.45) is 0 Å². The fourth-order valence-corrected chi connectivity index (χ4v) is 3.50. The predicted molar refractivity (Wildman–Crippen MR) is 95.0 cm³/mol. The maximum Gasteiger partial charge on any atom is 0.0684 e. The number of benzene rings is 3. The van der Waals surface area contributed by atoms with E-state index in [1.807, 2.05) is 18.2 Å². The van der Waals surface area contributed by atoms with Gasteiger partial charge in [-0.15, -0.1) is 0 Å². The zero-order valence-electron chi connectivity index (χ0n) is 12.8.